The number of aliphatic hydroxyl groups is 1. The second-order valence-electron chi connectivity index (χ2n) is 10.5. The highest BCUT2D eigenvalue weighted by molar-refractivity contribution is 8.02. The summed E-state index contributed by atoms with van der Waals surface area (Å²) in [4.78, 5) is 45.1. The number of hydrogen-bond donors (Lipinski definition) is 1. The number of ether oxygens (including phenoxy) is 1. The number of amides is 2. The number of carbonyl (C=O) groups excluding carboxylic acids is 3. The molecule has 3 aliphatic heterocycles. The third-order valence-corrected chi connectivity index (χ3v) is 10.1. The van der Waals surface area contributed by atoms with Gasteiger partial charge in [0.05, 0.1) is 29.2 Å². The first-order chi connectivity index (χ1) is 16.7. The van der Waals surface area contributed by atoms with E-state index in [-0.39, 0.29) is 42.1 Å². The van der Waals surface area contributed by atoms with E-state index in [2.05, 4.69) is 27.0 Å². The fourth-order valence-corrected chi connectivity index (χ4v) is 8.78. The molecule has 3 saturated heterocycles. The molecule has 0 aliphatic carbocycles. The van der Waals surface area contributed by atoms with Gasteiger partial charge in [-0.25, -0.2) is 0 Å². The standard InChI is InChI=1S/C27H42N2O5S/c1-7-10-11-13-28(12-8-2)25(32)23-27-18(6)15-20(35-27)21(26(33)34-14-9-3)22(27)24(31)29(23)19(16-30)17(4)5/h8-9,17-23,30H,2-3,7,10-16H2,1,4-6H3/t18?,19-,20+,21-,22-,23?,27?/m0/s1. The van der Waals surface area contributed by atoms with Crippen LogP contribution in [-0.4, -0.2) is 81.1 Å². The molecule has 3 unspecified atom stereocenters. The van der Waals surface area contributed by atoms with E-state index in [9.17, 15) is 19.5 Å². The van der Waals surface area contributed by atoms with Crippen molar-refractivity contribution in [1.82, 2.24) is 9.80 Å². The zero-order valence-electron chi connectivity index (χ0n) is 21.7. The minimum Gasteiger partial charge on any atom is -0.461 e. The Morgan fingerprint density at radius 3 is 2.60 bits per heavy atom. The molecule has 0 aromatic rings. The molecule has 2 bridgehead atoms. The molecule has 0 radical (unpaired) electrons. The molecule has 3 heterocycles. The van der Waals surface area contributed by atoms with E-state index in [1.807, 2.05) is 18.7 Å². The van der Waals surface area contributed by atoms with Gasteiger partial charge in [0, 0.05) is 18.3 Å². The van der Waals surface area contributed by atoms with E-state index in [0.29, 0.717) is 13.1 Å². The van der Waals surface area contributed by atoms with E-state index in [0.717, 1.165) is 25.7 Å². The monoisotopic (exact) mass is 506 g/mol. The summed E-state index contributed by atoms with van der Waals surface area (Å²) in [6.45, 7) is 16.5. The van der Waals surface area contributed by atoms with Crippen LogP contribution < -0.4 is 0 Å². The minimum absolute atomic E-state index is 0.0499. The van der Waals surface area contributed by atoms with Crippen LogP contribution in [0.5, 0.6) is 0 Å². The number of likely N-dealkylation sites (tertiary alicyclic amines) is 1. The van der Waals surface area contributed by atoms with Crippen molar-refractivity contribution >= 4 is 29.5 Å². The average Bonchev–Trinajstić information content (AvgIpc) is 3.41. The van der Waals surface area contributed by atoms with E-state index in [1.54, 1.807) is 22.7 Å². The van der Waals surface area contributed by atoms with Gasteiger partial charge in [0.2, 0.25) is 11.8 Å². The summed E-state index contributed by atoms with van der Waals surface area (Å²) in [5.74, 6) is -1.91. The Morgan fingerprint density at radius 2 is 2.03 bits per heavy atom. The van der Waals surface area contributed by atoms with E-state index >= 15 is 0 Å². The lowest BCUT2D eigenvalue weighted by Crippen LogP contribution is -2.60. The number of carbonyl (C=O) groups is 3. The summed E-state index contributed by atoms with van der Waals surface area (Å²) in [7, 11) is 0. The zero-order valence-corrected chi connectivity index (χ0v) is 22.5. The van der Waals surface area contributed by atoms with Gasteiger partial charge in [-0.15, -0.1) is 18.3 Å². The lowest BCUT2D eigenvalue weighted by atomic mass is 9.66. The van der Waals surface area contributed by atoms with Crippen LogP contribution >= 0.6 is 11.8 Å². The third kappa shape index (κ3) is 4.68. The van der Waals surface area contributed by atoms with Gasteiger partial charge in [0.25, 0.3) is 0 Å². The highest BCUT2D eigenvalue weighted by atomic mass is 32.2. The van der Waals surface area contributed by atoms with Crippen LogP contribution in [0, 0.1) is 23.7 Å². The Hall–Kier alpha value is -1.80. The minimum atomic E-state index is -0.733. The van der Waals surface area contributed by atoms with Gasteiger partial charge in [0.15, 0.2) is 0 Å². The first-order valence-electron chi connectivity index (χ1n) is 13.0. The predicted molar refractivity (Wildman–Crippen MR) is 139 cm³/mol. The molecule has 3 aliphatic rings. The smallest absolute Gasteiger partial charge is 0.311 e. The van der Waals surface area contributed by atoms with Crippen molar-refractivity contribution in [2.75, 3.05) is 26.3 Å². The van der Waals surface area contributed by atoms with Crippen LogP contribution in [0.25, 0.3) is 0 Å². The summed E-state index contributed by atoms with van der Waals surface area (Å²) in [5.41, 5.74) is 0. The van der Waals surface area contributed by atoms with Crippen molar-refractivity contribution in [3.8, 4) is 0 Å². The van der Waals surface area contributed by atoms with Gasteiger partial charge in [0.1, 0.15) is 12.6 Å². The number of hydrogen-bond acceptors (Lipinski definition) is 6. The lowest BCUT2D eigenvalue weighted by molar-refractivity contribution is -0.154. The number of rotatable bonds is 13. The topological polar surface area (TPSA) is 87.1 Å². The molecule has 1 N–H and O–H groups in total. The molecule has 3 rings (SSSR count). The van der Waals surface area contributed by atoms with Crippen LogP contribution in [-0.2, 0) is 19.1 Å². The zero-order chi connectivity index (χ0) is 25.9. The molecule has 3 fully saturated rings. The van der Waals surface area contributed by atoms with Crippen LogP contribution in [0.15, 0.2) is 25.3 Å². The quantitative estimate of drug-likeness (QED) is 0.234. The molecule has 8 heteroatoms. The van der Waals surface area contributed by atoms with Crippen LogP contribution in [0.4, 0.5) is 0 Å². The molecule has 0 aromatic carbocycles. The van der Waals surface area contributed by atoms with Crippen molar-refractivity contribution in [2.45, 2.75) is 75.5 Å². The lowest BCUT2D eigenvalue weighted by Gasteiger charge is -2.42. The predicted octanol–water partition coefficient (Wildman–Crippen LogP) is 3.27. The summed E-state index contributed by atoms with van der Waals surface area (Å²) < 4.78 is 4.71. The van der Waals surface area contributed by atoms with Crippen LogP contribution in [0.3, 0.4) is 0 Å². The normalized spacial score (nSPS) is 32.0. The summed E-state index contributed by atoms with van der Waals surface area (Å²) >= 11 is 1.63. The molecule has 0 saturated carbocycles. The third-order valence-electron chi connectivity index (χ3n) is 8.04. The Bertz CT molecular complexity index is 832. The van der Waals surface area contributed by atoms with Crippen molar-refractivity contribution in [3.05, 3.63) is 25.3 Å². The second-order valence-corrected chi connectivity index (χ2v) is 12.0. The summed E-state index contributed by atoms with van der Waals surface area (Å²) in [5, 5.41) is 10.3. The highest BCUT2D eigenvalue weighted by Gasteiger charge is 2.77. The molecule has 0 aromatic heterocycles. The maximum atomic E-state index is 14.3. The second kappa shape index (κ2) is 11.5. The number of unbranched alkanes of at least 4 members (excludes halogenated alkanes) is 2. The summed E-state index contributed by atoms with van der Waals surface area (Å²) in [6.07, 6.45) is 6.93. The maximum Gasteiger partial charge on any atom is 0.311 e. The van der Waals surface area contributed by atoms with Gasteiger partial charge >= 0.3 is 5.97 Å². The number of aliphatic hydroxyl groups excluding tert-OH is 1. The van der Waals surface area contributed by atoms with E-state index < -0.39 is 34.6 Å². The molecular formula is C27H42N2O5S. The van der Waals surface area contributed by atoms with E-state index in [1.165, 1.54) is 6.08 Å². The maximum absolute atomic E-state index is 14.3. The van der Waals surface area contributed by atoms with Gasteiger partial charge in [-0.05, 0) is 24.7 Å². The van der Waals surface area contributed by atoms with Crippen molar-refractivity contribution in [3.63, 3.8) is 0 Å². The van der Waals surface area contributed by atoms with E-state index in [4.69, 9.17) is 4.74 Å². The molecule has 35 heavy (non-hydrogen) atoms. The van der Waals surface area contributed by atoms with Gasteiger partial charge in [-0.2, -0.15) is 0 Å². The fraction of sp³-hybridized carbons (Fsp3) is 0.741. The number of fused-ring (bicyclic) bond motifs is 1. The van der Waals surface area contributed by atoms with Crippen molar-refractivity contribution < 1.29 is 24.2 Å². The molecule has 196 valence electrons. The number of nitrogens with zero attached hydrogens (tertiary/aromatic N) is 2. The molecule has 7 nitrogen and oxygen atoms in total. The van der Waals surface area contributed by atoms with Crippen molar-refractivity contribution in [2.24, 2.45) is 23.7 Å². The molecule has 2 amide bonds. The van der Waals surface area contributed by atoms with Gasteiger partial charge < -0.3 is 19.6 Å². The van der Waals surface area contributed by atoms with Crippen LogP contribution in [0.1, 0.15) is 53.4 Å². The Labute approximate surface area is 214 Å². The first-order valence-corrected chi connectivity index (χ1v) is 13.9. The van der Waals surface area contributed by atoms with Gasteiger partial charge in [-0.1, -0.05) is 59.3 Å². The Morgan fingerprint density at radius 1 is 1.31 bits per heavy atom. The SMILES string of the molecule is C=CCOC(=O)[C@@H]1[C@H]2C(=O)N([C@@H](CO)C(C)C)C(C(=O)N(CC=C)CCCCC)C23S[C@@H]1CC3C. The van der Waals surface area contributed by atoms with Gasteiger partial charge in [-0.3, -0.25) is 14.4 Å². The number of esters is 1. The molecule has 1 spiro atoms. The first kappa shape index (κ1) is 27.8. The molecule has 7 atom stereocenters. The fourth-order valence-electron chi connectivity index (χ4n) is 6.39. The number of thioether (sulfide) groups is 1. The highest BCUT2D eigenvalue weighted by Crippen LogP contribution is 2.69. The Balaban J connectivity index is 2.09. The Kier molecular flexibility index (Phi) is 9.13. The van der Waals surface area contributed by atoms with Crippen LogP contribution in [0.2, 0.25) is 0 Å². The van der Waals surface area contributed by atoms with Crippen molar-refractivity contribution in [1.29, 1.82) is 0 Å². The molecular weight excluding hydrogens is 464 g/mol. The largest absolute Gasteiger partial charge is 0.461 e. The summed E-state index contributed by atoms with van der Waals surface area (Å²) in [6, 6.07) is -1.24. The average molecular weight is 507 g/mol.